The van der Waals surface area contributed by atoms with Gasteiger partial charge in [0, 0.05) is 25.7 Å². The van der Waals surface area contributed by atoms with Gasteiger partial charge in [-0.2, -0.15) is 0 Å². The Kier molecular flexibility index (Phi) is 6.45. The highest BCUT2D eigenvalue weighted by atomic mass is 16.5. The van der Waals surface area contributed by atoms with E-state index in [2.05, 4.69) is 26.1 Å². The SMILES string of the molecule is CCNC(C1CCCOC1)C(CC)(CC)OC. The maximum atomic E-state index is 5.89. The molecule has 0 saturated carbocycles. The van der Waals surface area contributed by atoms with Crippen LogP contribution in [0, 0.1) is 5.92 Å². The van der Waals surface area contributed by atoms with E-state index in [9.17, 15) is 0 Å². The van der Waals surface area contributed by atoms with Crippen LogP contribution in [0.3, 0.4) is 0 Å². The molecule has 0 aromatic heterocycles. The van der Waals surface area contributed by atoms with E-state index in [1.54, 1.807) is 0 Å². The van der Waals surface area contributed by atoms with Gasteiger partial charge < -0.3 is 14.8 Å². The molecule has 2 atom stereocenters. The molecule has 1 aliphatic heterocycles. The van der Waals surface area contributed by atoms with Crippen LogP contribution >= 0.6 is 0 Å². The fraction of sp³-hybridized carbons (Fsp3) is 1.00. The van der Waals surface area contributed by atoms with E-state index in [1.165, 1.54) is 12.8 Å². The van der Waals surface area contributed by atoms with Crippen molar-refractivity contribution in [3.05, 3.63) is 0 Å². The van der Waals surface area contributed by atoms with Crippen LogP contribution in [0.2, 0.25) is 0 Å². The number of likely N-dealkylation sites (N-methyl/N-ethyl adjacent to an activating group) is 1. The molecule has 1 fully saturated rings. The first kappa shape index (κ1) is 14.9. The van der Waals surface area contributed by atoms with E-state index in [0.29, 0.717) is 12.0 Å². The first-order chi connectivity index (χ1) is 8.24. The summed E-state index contributed by atoms with van der Waals surface area (Å²) in [6.07, 6.45) is 4.53. The topological polar surface area (TPSA) is 30.5 Å². The Hall–Kier alpha value is -0.120. The lowest BCUT2D eigenvalue weighted by molar-refractivity contribution is -0.0829. The van der Waals surface area contributed by atoms with Crippen LogP contribution in [0.15, 0.2) is 0 Å². The van der Waals surface area contributed by atoms with Gasteiger partial charge in [0.15, 0.2) is 0 Å². The third kappa shape index (κ3) is 3.43. The van der Waals surface area contributed by atoms with Gasteiger partial charge in [0.05, 0.1) is 12.2 Å². The van der Waals surface area contributed by atoms with Gasteiger partial charge in [0.25, 0.3) is 0 Å². The summed E-state index contributed by atoms with van der Waals surface area (Å²) in [6, 6.07) is 0.410. The average Bonchev–Trinajstić information content (AvgIpc) is 2.41. The Morgan fingerprint density at radius 2 is 2.06 bits per heavy atom. The average molecular weight is 243 g/mol. The molecule has 0 aromatic carbocycles. The normalized spacial score (nSPS) is 23.6. The van der Waals surface area contributed by atoms with Crippen molar-refractivity contribution in [2.75, 3.05) is 26.9 Å². The standard InChI is InChI=1S/C14H29NO2/c1-5-14(6-2,16-4)13(15-7-3)12-9-8-10-17-11-12/h12-13,15H,5-11H2,1-4H3. The molecule has 0 aliphatic carbocycles. The summed E-state index contributed by atoms with van der Waals surface area (Å²) in [5.74, 6) is 0.587. The number of nitrogens with one attached hydrogen (secondary N) is 1. The molecule has 3 heteroatoms. The second-order valence-electron chi connectivity index (χ2n) is 4.99. The first-order valence-corrected chi connectivity index (χ1v) is 7.10. The van der Waals surface area contributed by atoms with Gasteiger partial charge in [0.1, 0.15) is 0 Å². The zero-order chi connectivity index (χ0) is 12.7. The van der Waals surface area contributed by atoms with E-state index >= 15 is 0 Å². The summed E-state index contributed by atoms with van der Waals surface area (Å²) in [5, 5.41) is 3.64. The van der Waals surface area contributed by atoms with Crippen molar-refractivity contribution in [1.29, 1.82) is 0 Å². The molecule has 2 unspecified atom stereocenters. The van der Waals surface area contributed by atoms with Crippen LogP contribution < -0.4 is 5.32 Å². The van der Waals surface area contributed by atoms with Crippen LogP contribution in [0.1, 0.15) is 46.5 Å². The molecular formula is C14H29NO2. The summed E-state index contributed by atoms with van der Waals surface area (Å²) in [7, 11) is 1.85. The molecule has 0 bridgehead atoms. The van der Waals surface area contributed by atoms with Gasteiger partial charge in [0.2, 0.25) is 0 Å². The van der Waals surface area contributed by atoms with E-state index in [-0.39, 0.29) is 5.60 Å². The third-order valence-corrected chi connectivity index (χ3v) is 4.26. The fourth-order valence-electron chi connectivity index (χ4n) is 3.14. The minimum absolute atomic E-state index is 0.0403. The maximum absolute atomic E-state index is 5.89. The van der Waals surface area contributed by atoms with Crippen molar-refractivity contribution in [2.24, 2.45) is 5.92 Å². The quantitative estimate of drug-likeness (QED) is 0.745. The Morgan fingerprint density at radius 1 is 1.35 bits per heavy atom. The lowest BCUT2D eigenvalue weighted by Crippen LogP contribution is -2.57. The zero-order valence-electron chi connectivity index (χ0n) is 11.9. The van der Waals surface area contributed by atoms with Crippen LogP contribution in [-0.4, -0.2) is 38.5 Å². The van der Waals surface area contributed by atoms with Crippen LogP contribution in [0.25, 0.3) is 0 Å². The number of methoxy groups -OCH3 is 1. The van der Waals surface area contributed by atoms with Crippen LogP contribution in [0.5, 0.6) is 0 Å². The number of rotatable bonds is 7. The highest BCUT2D eigenvalue weighted by molar-refractivity contribution is 4.96. The molecule has 0 spiro atoms. The summed E-state index contributed by atoms with van der Waals surface area (Å²) >= 11 is 0. The predicted octanol–water partition coefficient (Wildman–Crippen LogP) is 2.60. The minimum Gasteiger partial charge on any atom is -0.381 e. The number of hydrogen-bond acceptors (Lipinski definition) is 3. The zero-order valence-corrected chi connectivity index (χ0v) is 11.9. The first-order valence-electron chi connectivity index (χ1n) is 7.10. The van der Waals surface area contributed by atoms with E-state index in [0.717, 1.165) is 32.6 Å². The maximum Gasteiger partial charge on any atom is 0.0829 e. The van der Waals surface area contributed by atoms with Gasteiger partial charge in [-0.3, -0.25) is 0 Å². The second kappa shape index (κ2) is 7.34. The molecule has 0 radical (unpaired) electrons. The van der Waals surface area contributed by atoms with Crippen molar-refractivity contribution in [1.82, 2.24) is 5.32 Å². The predicted molar refractivity (Wildman–Crippen MR) is 71.3 cm³/mol. The molecule has 1 rings (SSSR count). The molecule has 1 saturated heterocycles. The highest BCUT2D eigenvalue weighted by Gasteiger charge is 2.40. The molecule has 102 valence electrons. The molecule has 1 heterocycles. The molecule has 0 amide bonds. The monoisotopic (exact) mass is 243 g/mol. The molecule has 3 nitrogen and oxygen atoms in total. The van der Waals surface area contributed by atoms with E-state index < -0.39 is 0 Å². The third-order valence-electron chi connectivity index (χ3n) is 4.26. The van der Waals surface area contributed by atoms with Crippen LogP contribution in [-0.2, 0) is 9.47 Å². The fourth-order valence-corrected chi connectivity index (χ4v) is 3.14. The van der Waals surface area contributed by atoms with Crippen molar-refractivity contribution in [3.63, 3.8) is 0 Å². The van der Waals surface area contributed by atoms with Crippen molar-refractivity contribution in [3.8, 4) is 0 Å². The molecule has 1 aliphatic rings. The minimum atomic E-state index is -0.0403. The second-order valence-corrected chi connectivity index (χ2v) is 4.99. The van der Waals surface area contributed by atoms with Gasteiger partial charge >= 0.3 is 0 Å². The molecule has 1 N–H and O–H groups in total. The Morgan fingerprint density at radius 3 is 2.47 bits per heavy atom. The van der Waals surface area contributed by atoms with Gasteiger partial charge in [-0.25, -0.2) is 0 Å². The summed E-state index contributed by atoms with van der Waals surface area (Å²) in [4.78, 5) is 0. The largest absolute Gasteiger partial charge is 0.381 e. The van der Waals surface area contributed by atoms with Gasteiger partial charge in [-0.15, -0.1) is 0 Å². The van der Waals surface area contributed by atoms with Crippen molar-refractivity contribution in [2.45, 2.75) is 58.1 Å². The molecular weight excluding hydrogens is 214 g/mol. The lowest BCUT2D eigenvalue weighted by Gasteiger charge is -2.44. The summed E-state index contributed by atoms with van der Waals surface area (Å²) < 4.78 is 11.5. The number of hydrogen-bond donors (Lipinski definition) is 1. The number of ether oxygens (including phenoxy) is 2. The van der Waals surface area contributed by atoms with Crippen molar-refractivity contribution >= 4 is 0 Å². The summed E-state index contributed by atoms with van der Waals surface area (Å²) in [5.41, 5.74) is -0.0403. The summed E-state index contributed by atoms with van der Waals surface area (Å²) in [6.45, 7) is 9.41. The smallest absolute Gasteiger partial charge is 0.0829 e. The van der Waals surface area contributed by atoms with E-state index in [1.807, 2.05) is 7.11 Å². The van der Waals surface area contributed by atoms with Gasteiger partial charge in [-0.1, -0.05) is 20.8 Å². The van der Waals surface area contributed by atoms with Crippen LogP contribution in [0.4, 0.5) is 0 Å². The van der Waals surface area contributed by atoms with E-state index in [4.69, 9.17) is 9.47 Å². The highest BCUT2D eigenvalue weighted by Crippen LogP contribution is 2.32. The molecule has 0 aromatic rings. The van der Waals surface area contributed by atoms with Crippen molar-refractivity contribution < 1.29 is 9.47 Å². The Labute approximate surface area is 106 Å². The molecule has 17 heavy (non-hydrogen) atoms. The van der Waals surface area contributed by atoms with Gasteiger partial charge in [-0.05, 0) is 32.2 Å². The Balaban J connectivity index is 2.80. The Bertz CT molecular complexity index is 190. The lowest BCUT2D eigenvalue weighted by atomic mass is 9.78.